The van der Waals surface area contributed by atoms with Crippen molar-refractivity contribution in [1.82, 2.24) is 39.8 Å². The third-order valence-electron chi connectivity index (χ3n) is 6.94. The van der Waals surface area contributed by atoms with Gasteiger partial charge < -0.3 is 5.32 Å². The highest BCUT2D eigenvalue weighted by Crippen LogP contribution is 2.30. The van der Waals surface area contributed by atoms with Gasteiger partial charge in [-0.1, -0.05) is 24.3 Å². The van der Waals surface area contributed by atoms with Gasteiger partial charge in [0, 0.05) is 60.6 Å². The van der Waals surface area contributed by atoms with Crippen LogP contribution in [-0.2, 0) is 13.0 Å². The predicted octanol–water partition coefficient (Wildman–Crippen LogP) is 4.80. The molecule has 5 heterocycles. The highest BCUT2D eigenvalue weighted by molar-refractivity contribution is 5.78. The largest absolute Gasteiger partial charge is 0.317 e. The molecule has 0 radical (unpaired) electrons. The van der Waals surface area contributed by atoms with Gasteiger partial charge in [0.05, 0.1) is 17.9 Å². The molecule has 0 saturated carbocycles. The van der Waals surface area contributed by atoms with Crippen molar-refractivity contribution in [3.05, 3.63) is 91.0 Å². The number of benzene rings is 1. The van der Waals surface area contributed by atoms with Gasteiger partial charge in [-0.25, -0.2) is 9.97 Å². The third-order valence-corrected chi connectivity index (χ3v) is 6.94. The molecule has 6 rings (SSSR count). The molecule has 0 spiro atoms. The monoisotopic (exact) mass is 490 g/mol. The molecule has 0 atom stereocenters. The fourth-order valence-corrected chi connectivity index (χ4v) is 4.88. The highest BCUT2D eigenvalue weighted by Gasteiger charge is 2.17. The van der Waals surface area contributed by atoms with E-state index in [4.69, 9.17) is 10.1 Å². The zero-order valence-corrected chi connectivity index (χ0v) is 21.0. The van der Waals surface area contributed by atoms with Gasteiger partial charge in [-0.15, -0.1) is 0 Å². The van der Waals surface area contributed by atoms with Crippen LogP contribution in [0.15, 0.2) is 79.6 Å². The first-order valence-corrected chi connectivity index (χ1v) is 12.9. The Hall–Kier alpha value is -4.17. The Morgan fingerprint density at radius 1 is 0.919 bits per heavy atom. The summed E-state index contributed by atoms with van der Waals surface area (Å²) < 4.78 is 4.06. The van der Waals surface area contributed by atoms with Crippen molar-refractivity contribution in [3.63, 3.8) is 0 Å². The number of hydrogen-bond acceptors (Lipinski definition) is 6. The van der Waals surface area contributed by atoms with E-state index in [1.54, 1.807) is 6.20 Å². The molecule has 8 nitrogen and oxygen atoms in total. The number of rotatable bonds is 7. The zero-order chi connectivity index (χ0) is 25.0. The van der Waals surface area contributed by atoms with Crippen LogP contribution in [0.4, 0.5) is 0 Å². The third kappa shape index (κ3) is 5.06. The molecular formula is C29H30N8. The summed E-state index contributed by atoms with van der Waals surface area (Å²) in [6.07, 6.45) is 14.6. The van der Waals surface area contributed by atoms with Gasteiger partial charge in [-0.2, -0.15) is 10.2 Å². The Bertz CT molecular complexity index is 1460. The van der Waals surface area contributed by atoms with Crippen molar-refractivity contribution >= 4 is 0 Å². The second-order valence-electron chi connectivity index (χ2n) is 9.41. The molecule has 0 unspecified atom stereocenters. The average Bonchev–Trinajstić information content (AvgIpc) is 3.63. The molecule has 5 aromatic rings. The van der Waals surface area contributed by atoms with Crippen LogP contribution in [0.3, 0.4) is 0 Å². The zero-order valence-electron chi connectivity index (χ0n) is 21.0. The Kier molecular flexibility index (Phi) is 6.56. The minimum absolute atomic E-state index is 0.488. The summed E-state index contributed by atoms with van der Waals surface area (Å²) in [5.74, 6) is 0.783. The first kappa shape index (κ1) is 23.2. The minimum Gasteiger partial charge on any atom is -0.317 e. The molecule has 0 bridgehead atoms. The molecule has 1 N–H and O–H groups in total. The Balaban J connectivity index is 1.21. The summed E-state index contributed by atoms with van der Waals surface area (Å²) in [6, 6.07) is 15.0. The Morgan fingerprint density at radius 2 is 1.78 bits per heavy atom. The van der Waals surface area contributed by atoms with Crippen LogP contribution in [-0.4, -0.2) is 47.6 Å². The van der Waals surface area contributed by atoms with Crippen LogP contribution in [0, 0.1) is 0 Å². The van der Waals surface area contributed by atoms with Crippen LogP contribution < -0.4 is 5.32 Å². The van der Waals surface area contributed by atoms with Gasteiger partial charge in [-0.05, 0) is 62.2 Å². The molecule has 186 valence electrons. The minimum atomic E-state index is 0.488. The van der Waals surface area contributed by atoms with Gasteiger partial charge in [0.2, 0.25) is 0 Å². The number of aryl methyl sites for hydroxylation is 1. The van der Waals surface area contributed by atoms with E-state index < -0.39 is 0 Å². The predicted molar refractivity (Wildman–Crippen MR) is 144 cm³/mol. The summed E-state index contributed by atoms with van der Waals surface area (Å²) in [4.78, 5) is 13.7. The van der Waals surface area contributed by atoms with Gasteiger partial charge in [0.25, 0.3) is 0 Å². The van der Waals surface area contributed by atoms with E-state index in [1.165, 1.54) is 11.1 Å². The van der Waals surface area contributed by atoms with Gasteiger partial charge in [0.1, 0.15) is 11.5 Å². The van der Waals surface area contributed by atoms with E-state index in [0.717, 1.165) is 66.4 Å². The summed E-state index contributed by atoms with van der Waals surface area (Å²) in [7, 11) is 0. The maximum atomic E-state index is 4.90. The number of aromatic nitrogens is 7. The van der Waals surface area contributed by atoms with Crippen LogP contribution >= 0.6 is 0 Å². The Labute approximate surface area is 216 Å². The van der Waals surface area contributed by atoms with E-state index in [2.05, 4.69) is 62.5 Å². The number of piperidine rings is 1. The lowest BCUT2D eigenvalue weighted by Crippen LogP contribution is -2.29. The van der Waals surface area contributed by atoms with Crippen LogP contribution in [0.25, 0.3) is 33.6 Å². The van der Waals surface area contributed by atoms with E-state index in [0.29, 0.717) is 12.5 Å². The standard InChI is InChI=1S/C29H30N8/c1-2-36-20-26(29(35-36)23-4-3-12-31-17-23)27-11-15-32-28(34-27)16-21-5-7-22(8-6-21)24-18-33-37(19-24)25-9-13-30-14-10-25/h3-8,11-12,15,17-20,25,30H,2,9-10,13-14,16H2,1H3. The van der Waals surface area contributed by atoms with Crippen molar-refractivity contribution in [2.75, 3.05) is 13.1 Å². The SMILES string of the molecule is CCn1cc(-c2ccnc(Cc3ccc(-c4cnn(C5CCNCC5)c4)cc3)n2)c(-c2cccnc2)n1. The highest BCUT2D eigenvalue weighted by atomic mass is 15.3. The molecule has 37 heavy (non-hydrogen) atoms. The van der Waals surface area contributed by atoms with Crippen molar-refractivity contribution < 1.29 is 0 Å². The summed E-state index contributed by atoms with van der Waals surface area (Å²) in [6.45, 7) is 4.98. The lowest BCUT2D eigenvalue weighted by atomic mass is 10.0. The normalized spacial score (nSPS) is 14.2. The molecular weight excluding hydrogens is 460 g/mol. The first-order chi connectivity index (χ1) is 18.3. The smallest absolute Gasteiger partial charge is 0.133 e. The molecule has 1 saturated heterocycles. The maximum Gasteiger partial charge on any atom is 0.133 e. The van der Waals surface area contributed by atoms with Gasteiger partial charge >= 0.3 is 0 Å². The quantitative estimate of drug-likeness (QED) is 0.353. The molecule has 1 fully saturated rings. The number of hydrogen-bond donors (Lipinski definition) is 1. The first-order valence-electron chi connectivity index (χ1n) is 12.9. The summed E-state index contributed by atoms with van der Waals surface area (Å²) in [5.41, 5.74) is 7.21. The number of pyridine rings is 1. The van der Waals surface area contributed by atoms with Crippen LogP contribution in [0.2, 0.25) is 0 Å². The maximum absolute atomic E-state index is 4.90. The summed E-state index contributed by atoms with van der Waals surface area (Å²) >= 11 is 0. The van der Waals surface area contributed by atoms with Gasteiger partial charge in [-0.3, -0.25) is 14.3 Å². The van der Waals surface area contributed by atoms with E-state index in [1.807, 2.05) is 47.7 Å². The molecule has 0 aliphatic carbocycles. The fourth-order valence-electron chi connectivity index (χ4n) is 4.88. The number of nitrogens with one attached hydrogen (secondary N) is 1. The van der Waals surface area contributed by atoms with Crippen molar-refractivity contribution in [2.24, 2.45) is 0 Å². The molecule has 1 aromatic carbocycles. The average molecular weight is 491 g/mol. The molecule has 4 aromatic heterocycles. The molecule has 1 aliphatic rings. The van der Waals surface area contributed by atoms with E-state index in [9.17, 15) is 0 Å². The lowest BCUT2D eigenvalue weighted by molar-refractivity contribution is 0.343. The Morgan fingerprint density at radius 3 is 2.57 bits per heavy atom. The number of nitrogens with zero attached hydrogens (tertiary/aromatic N) is 7. The van der Waals surface area contributed by atoms with Gasteiger partial charge in [0.15, 0.2) is 0 Å². The van der Waals surface area contributed by atoms with Crippen LogP contribution in [0.1, 0.15) is 37.2 Å². The van der Waals surface area contributed by atoms with Crippen LogP contribution in [0.5, 0.6) is 0 Å². The van der Waals surface area contributed by atoms with Crippen molar-refractivity contribution in [3.8, 4) is 33.6 Å². The second kappa shape index (κ2) is 10.4. The fraction of sp³-hybridized carbons (Fsp3) is 0.276. The molecule has 0 amide bonds. The second-order valence-corrected chi connectivity index (χ2v) is 9.41. The summed E-state index contributed by atoms with van der Waals surface area (Å²) in [5, 5.41) is 12.8. The van der Waals surface area contributed by atoms with Crippen molar-refractivity contribution in [1.29, 1.82) is 0 Å². The lowest BCUT2D eigenvalue weighted by Gasteiger charge is -2.22. The van der Waals surface area contributed by atoms with E-state index >= 15 is 0 Å². The van der Waals surface area contributed by atoms with E-state index in [-0.39, 0.29) is 0 Å². The molecule has 1 aliphatic heterocycles. The molecule has 8 heteroatoms. The van der Waals surface area contributed by atoms with Crippen molar-refractivity contribution in [2.45, 2.75) is 38.8 Å². The topological polar surface area (TPSA) is 86.3 Å².